The molecular weight excluding hydrogens is 314 g/mol. The molecule has 2 heterocycles. The Morgan fingerprint density at radius 2 is 2.04 bits per heavy atom. The topological polar surface area (TPSA) is 60.5 Å². The Bertz CT molecular complexity index is 758. The lowest BCUT2D eigenvalue weighted by Gasteiger charge is -2.33. The van der Waals surface area contributed by atoms with Crippen molar-refractivity contribution < 1.29 is 9.53 Å². The number of nitrogens with two attached hydrogens (primary N) is 1. The van der Waals surface area contributed by atoms with Crippen molar-refractivity contribution in [2.24, 2.45) is 5.73 Å². The summed E-state index contributed by atoms with van der Waals surface area (Å²) in [6.45, 7) is 8.25. The summed E-state index contributed by atoms with van der Waals surface area (Å²) in [5, 5.41) is 0.976. The van der Waals surface area contributed by atoms with E-state index >= 15 is 0 Å². The number of benzene rings is 1. The minimum atomic E-state index is -0.336. The average molecular weight is 343 g/mol. The quantitative estimate of drug-likeness (QED) is 0.877. The van der Waals surface area contributed by atoms with E-state index in [1.54, 1.807) is 7.11 Å². The summed E-state index contributed by atoms with van der Waals surface area (Å²) in [6, 6.07) is 6.76. The van der Waals surface area contributed by atoms with Crippen LogP contribution in [0.2, 0.25) is 0 Å². The van der Waals surface area contributed by atoms with Crippen molar-refractivity contribution in [3.05, 3.63) is 35.0 Å². The zero-order valence-corrected chi connectivity index (χ0v) is 15.5. The molecule has 1 aliphatic rings. The number of likely N-dealkylation sites (tertiary alicyclic amines) is 1. The van der Waals surface area contributed by atoms with Crippen LogP contribution in [0.15, 0.2) is 18.2 Å². The normalized spacial score (nSPS) is 16.6. The number of rotatable bonds is 6. The molecule has 5 nitrogen and oxygen atoms in total. The third kappa shape index (κ3) is 3.44. The van der Waals surface area contributed by atoms with Crippen molar-refractivity contribution >= 4 is 16.8 Å². The molecule has 136 valence electrons. The Kier molecular flexibility index (Phi) is 5.45. The molecule has 1 aliphatic heterocycles. The minimum Gasteiger partial charge on any atom is -0.384 e. The van der Waals surface area contributed by atoms with Crippen molar-refractivity contribution in [2.45, 2.75) is 39.2 Å². The summed E-state index contributed by atoms with van der Waals surface area (Å²) in [5.41, 5.74) is 9.74. The average Bonchev–Trinajstić information content (AvgIpc) is 2.91. The van der Waals surface area contributed by atoms with Crippen LogP contribution in [0.3, 0.4) is 0 Å². The second-order valence-electron chi connectivity index (χ2n) is 6.95. The monoisotopic (exact) mass is 343 g/mol. The molecule has 1 fully saturated rings. The number of carbonyl (C=O) groups is 1. The first-order chi connectivity index (χ1) is 12.1. The van der Waals surface area contributed by atoms with Crippen LogP contribution >= 0.6 is 0 Å². The van der Waals surface area contributed by atoms with E-state index in [-0.39, 0.29) is 5.91 Å². The molecular formula is C20H29N3O2. The van der Waals surface area contributed by atoms with Gasteiger partial charge in [-0.25, -0.2) is 0 Å². The second kappa shape index (κ2) is 7.58. The van der Waals surface area contributed by atoms with Gasteiger partial charge in [0, 0.05) is 42.8 Å². The van der Waals surface area contributed by atoms with Crippen LogP contribution < -0.4 is 5.73 Å². The first kappa shape index (κ1) is 18.0. The number of aromatic nitrogens is 1. The number of piperidine rings is 1. The highest BCUT2D eigenvalue weighted by Gasteiger charge is 2.26. The first-order valence-corrected chi connectivity index (χ1v) is 9.21. The van der Waals surface area contributed by atoms with Crippen molar-refractivity contribution in [3.63, 3.8) is 0 Å². The van der Waals surface area contributed by atoms with Crippen molar-refractivity contribution in [3.8, 4) is 0 Å². The molecule has 0 atom stereocenters. The zero-order valence-electron chi connectivity index (χ0n) is 15.5. The molecule has 5 heteroatoms. The second-order valence-corrected chi connectivity index (χ2v) is 6.95. The Morgan fingerprint density at radius 3 is 2.64 bits per heavy atom. The lowest BCUT2D eigenvalue weighted by molar-refractivity contribution is 0.100. The smallest absolute Gasteiger partial charge is 0.251 e. The molecule has 25 heavy (non-hydrogen) atoms. The van der Waals surface area contributed by atoms with Gasteiger partial charge >= 0.3 is 0 Å². The lowest BCUT2D eigenvalue weighted by atomic mass is 10.0. The molecule has 0 aliphatic carbocycles. The number of methoxy groups -OCH3 is 1. The highest BCUT2D eigenvalue weighted by molar-refractivity contribution is 6.07. The van der Waals surface area contributed by atoms with Gasteiger partial charge in [0.05, 0.1) is 12.2 Å². The first-order valence-electron chi connectivity index (χ1n) is 9.21. The molecule has 0 unspecified atom stereocenters. The fourth-order valence-corrected chi connectivity index (χ4v) is 4.13. The number of nitrogens with zero attached hydrogens (tertiary/aromatic N) is 2. The molecule has 1 aromatic heterocycles. The summed E-state index contributed by atoms with van der Waals surface area (Å²) >= 11 is 0. The van der Waals surface area contributed by atoms with Gasteiger partial charge in [-0.15, -0.1) is 0 Å². The molecule has 1 aromatic carbocycles. The molecule has 2 N–H and O–H groups in total. The third-order valence-electron chi connectivity index (χ3n) is 5.52. The van der Waals surface area contributed by atoms with Gasteiger partial charge in [-0.05, 0) is 44.4 Å². The van der Waals surface area contributed by atoms with Crippen LogP contribution in [0.4, 0.5) is 0 Å². The summed E-state index contributed by atoms with van der Waals surface area (Å²) in [7, 11) is 1.72. The highest BCUT2D eigenvalue weighted by Crippen LogP contribution is 2.34. The molecule has 0 spiro atoms. The standard InChI is InChI=1S/C20H29N3O2/c1-4-22-10-7-16(8-11-22)23-14(2)19(20(21)24)17-6-5-15(9-12-25-3)13-18(17)23/h5-6,13,16H,4,7-12H2,1-3H3,(H2,21,24). The van der Waals surface area contributed by atoms with E-state index in [0.717, 1.165) is 55.5 Å². The molecule has 0 radical (unpaired) electrons. The van der Waals surface area contributed by atoms with Crippen molar-refractivity contribution in [2.75, 3.05) is 33.4 Å². The summed E-state index contributed by atoms with van der Waals surface area (Å²) < 4.78 is 7.57. The van der Waals surface area contributed by atoms with Crippen molar-refractivity contribution in [1.29, 1.82) is 0 Å². The number of ether oxygens (including phenoxy) is 1. The SMILES string of the molecule is CCN1CCC(n2c(C)c(C(N)=O)c3ccc(CCOC)cc32)CC1. The summed E-state index contributed by atoms with van der Waals surface area (Å²) in [4.78, 5) is 14.6. The van der Waals surface area contributed by atoms with Gasteiger partial charge in [-0.3, -0.25) is 4.79 Å². The Balaban J connectivity index is 2.05. The van der Waals surface area contributed by atoms with E-state index in [1.807, 2.05) is 13.0 Å². The number of hydrogen-bond acceptors (Lipinski definition) is 3. The molecule has 0 bridgehead atoms. The van der Waals surface area contributed by atoms with Crippen LogP contribution in [-0.2, 0) is 11.2 Å². The predicted molar refractivity (Wildman–Crippen MR) is 101 cm³/mol. The molecule has 3 rings (SSSR count). The van der Waals surface area contributed by atoms with E-state index in [0.29, 0.717) is 18.2 Å². The Morgan fingerprint density at radius 1 is 1.32 bits per heavy atom. The highest BCUT2D eigenvalue weighted by atomic mass is 16.5. The largest absolute Gasteiger partial charge is 0.384 e. The van der Waals surface area contributed by atoms with Gasteiger partial charge in [0.2, 0.25) is 0 Å². The Labute approximate surface area is 149 Å². The third-order valence-corrected chi connectivity index (χ3v) is 5.52. The lowest BCUT2D eigenvalue weighted by Crippen LogP contribution is -2.34. The number of carbonyl (C=O) groups excluding carboxylic acids is 1. The van der Waals surface area contributed by atoms with E-state index in [2.05, 4.69) is 28.5 Å². The molecule has 0 saturated carbocycles. The van der Waals surface area contributed by atoms with Crippen LogP contribution in [0.25, 0.3) is 10.9 Å². The molecule has 2 aromatic rings. The number of primary amides is 1. The molecule has 1 saturated heterocycles. The maximum Gasteiger partial charge on any atom is 0.251 e. The van der Waals surface area contributed by atoms with Gasteiger partial charge in [-0.2, -0.15) is 0 Å². The fraction of sp³-hybridized carbons (Fsp3) is 0.550. The maximum atomic E-state index is 12.1. The number of amides is 1. The summed E-state index contributed by atoms with van der Waals surface area (Å²) in [5.74, 6) is -0.336. The molecule has 1 amide bonds. The predicted octanol–water partition coefficient (Wildman–Crippen LogP) is 2.89. The van der Waals surface area contributed by atoms with E-state index in [4.69, 9.17) is 10.5 Å². The van der Waals surface area contributed by atoms with Crippen LogP contribution in [0.5, 0.6) is 0 Å². The van der Waals surface area contributed by atoms with Crippen LogP contribution in [0.1, 0.15) is 47.4 Å². The van der Waals surface area contributed by atoms with Crippen molar-refractivity contribution in [1.82, 2.24) is 9.47 Å². The zero-order chi connectivity index (χ0) is 18.0. The minimum absolute atomic E-state index is 0.336. The van der Waals surface area contributed by atoms with Gasteiger partial charge in [0.1, 0.15) is 0 Å². The van der Waals surface area contributed by atoms with Gasteiger partial charge in [0.25, 0.3) is 5.91 Å². The number of hydrogen-bond donors (Lipinski definition) is 1. The number of fused-ring (bicyclic) bond motifs is 1. The van der Waals surface area contributed by atoms with Gasteiger partial charge < -0.3 is 19.9 Å². The van der Waals surface area contributed by atoms with E-state index in [1.165, 1.54) is 5.56 Å². The van der Waals surface area contributed by atoms with Crippen LogP contribution in [-0.4, -0.2) is 48.7 Å². The Hall–Kier alpha value is -1.85. The fourth-order valence-electron chi connectivity index (χ4n) is 4.13. The van der Waals surface area contributed by atoms with E-state index < -0.39 is 0 Å². The maximum absolute atomic E-state index is 12.1. The summed E-state index contributed by atoms with van der Waals surface area (Å²) in [6.07, 6.45) is 3.09. The van der Waals surface area contributed by atoms with Gasteiger partial charge in [-0.1, -0.05) is 19.1 Å². The van der Waals surface area contributed by atoms with Crippen LogP contribution in [0, 0.1) is 6.92 Å². The van der Waals surface area contributed by atoms with Gasteiger partial charge in [0.15, 0.2) is 0 Å². The van der Waals surface area contributed by atoms with E-state index in [9.17, 15) is 4.79 Å².